The van der Waals surface area contributed by atoms with Gasteiger partial charge in [0.25, 0.3) is 0 Å². The average Bonchev–Trinajstić information content (AvgIpc) is 3.62. The van der Waals surface area contributed by atoms with Gasteiger partial charge in [-0.3, -0.25) is 0 Å². The van der Waals surface area contributed by atoms with Gasteiger partial charge in [-0.2, -0.15) is 5.10 Å². The molecule has 2 aromatic carbocycles. The van der Waals surface area contributed by atoms with E-state index in [1.807, 2.05) is 48.7 Å². The van der Waals surface area contributed by atoms with Crippen molar-refractivity contribution in [2.45, 2.75) is 115 Å². The maximum absolute atomic E-state index is 10.5. The number of rotatable bonds is 7. The summed E-state index contributed by atoms with van der Waals surface area (Å²) in [7, 11) is 2.07. The Labute approximate surface area is 329 Å². The first-order valence-corrected chi connectivity index (χ1v) is 19.2. The van der Waals surface area contributed by atoms with Crippen molar-refractivity contribution < 1.29 is 10.2 Å². The fourth-order valence-corrected chi connectivity index (χ4v) is 8.76. The van der Waals surface area contributed by atoms with Gasteiger partial charge in [-0.15, -0.1) is 20.4 Å². The number of halogens is 1. The second kappa shape index (κ2) is 15.4. The van der Waals surface area contributed by atoms with Crippen LogP contribution in [0.4, 0.5) is 11.6 Å². The van der Waals surface area contributed by atoms with Crippen LogP contribution >= 0.6 is 11.6 Å². The highest BCUT2D eigenvalue weighted by atomic mass is 35.5. The third-order valence-electron chi connectivity index (χ3n) is 10.2. The molecule has 0 amide bonds. The second-order valence-corrected chi connectivity index (χ2v) is 18.0. The van der Waals surface area contributed by atoms with Crippen LogP contribution in [-0.2, 0) is 0 Å². The monoisotopic (exact) mass is 766 g/mol. The predicted octanol–water partition coefficient (Wildman–Crippen LogP) is 8.00. The highest BCUT2D eigenvalue weighted by Gasteiger charge is 2.40. The summed E-state index contributed by atoms with van der Waals surface area (Å²) in [6, 6.07) is 20.6. The smallest absolute Gasteiger partial charge is 0.151 e. The molecule has 0 radical (unpaired) electrons. The Balaban J connectivity index is 0.000000188. The lowest BCUT2D eigenvalue weighted by Gasteiger charge is -2.49. The van der Waals surface area contributed by atoms with E-state index in [0.717, 1.165) is 43.0 Å². The molecular weight excluding hydrogens is 712 g/mol. The molecule has 2 fully saturated rings. The molecule has 0 saturated carbocycles. The first-order valence-electron chi connectivity index (χ1n) is 18.8. The van der Waals surface area contributed by atoms with E-state index in [-0.39, 0.29) is 33.7 Å². The van der Waals surface area contributed by atoms with Crippen LogP contribution in [0.15, 0.2) is 79.1 Å². The maximum atomic E-state index is 10.5. The van der Waals surface area contributed by atoms with Gasteiger partial charge >= 0.3 is 0 Å². The molecule has 0 spiro atoms. The summed E-state index contributed by atoms with van der Waals surface area (Å²) in [5.74, 6) is 1.84. The molecule has 55 heavy (non-hydrogen) atoms. The first-order chi connectivity index (χ1) is 25.8. The van der Waals surface area contributed by atoms with Crippen LogP contribution in [-0.4, -0.2) is 81.7 Å². The topological polar surface area (TPSA) is 149 Å². The second-order valence-electron chi connectivity index (χ2n) is 17.6. The number of anilines is 2. The summed E-state index contributed by atoms with van der Waals surface area (Å²) in [6.07, 6.45) is 7.62. The highest BCUT2D eigenvalue weighted by Crippen LogP contribution is 2.35. The molecule has 13 heteroatoms. The SMILES string of the molecule is CC1(C)CC(Nc2ccc(-c3ccc(-n4cccn4)cc3O)nn2)CC(C)(C)N1.CN(c1ccc(-c2ccc(Cl)cc2O)nn1)C1CC(C)(C)NC(C)(C)C1. The Hall–Kier alpha value is -4.78. The first kappa shape index (κ1) is 39.9. The number of hydrogen-bond donors (Lipinski definition) is 5. The molecule has 0 bridgehead atoms. The number of hydrogen-bond acceptors (Lipinski definition) is 11. The standard InChI is InChI=1S/C22H28N6O.C20H27ClN4O/c1-21(2)13-15(14-22(3,4)27-21)24-20-9-8-18(25-26-20)17-7-6-16(12-19(17)29)28-11-5-10-23-28;1-19(2)11-14(12-20(3,4)24-19)25(5)18-9-8-16(22-23-18)15-7-6-13(21)10-17(15)26/h5-12,15,27,29H,13-14H2,1-4H3,(H,24,26);6-10,14,24,26H,11-12H2,1-5H3. The fraction of sp³-hybridized carbons (Fsp3) is 0.452. The van der Waals surface area contributed by atoms with Gasteiger partial charge in [0.05, 0.1) is 17.1 Å². The zero-order valence-electron chi connectivity index (χ0n) is 33.4. The average molecular weight is 767 g/mol. The van der Waals surface area contributed by atoms with Crippen molar-refractivity contribution in [3.05, 3.63) is 84.1 Å². The number of phenolic OH excluding ortho intramolecular Hbond substituents is 2. The molecule has 7 rings (SSSR count). The van der Waals surface area contributed by atoms with Gasteiger partial charge < -0.3 is 31.1 Å². The molecule has 0 atom stereocenters. The fourth-order valence-electron chi connectivity index (χ4n) is 8.59. The highest BCUT2D eigenvalue weighted by molar-refractivity contribution is 6.30. The number of phenols is 2. The van der Waals surface area contributed by atoms with Crippen LogP contribution in [0.2, 0.25) is 5.02 Å². The number of nitrogens with zero attached hydrogens (tertiary/aromatic N) is 7. The Morgan fingerprint density at radius 1 is 0.709 bits per heavy atom. The summed E-state index contributed by atoms with van der Waals surface area (Å²) in [6.45, 7) is 17.9. The lowest BCUT2D eigenvalue weighted by Crippen LogP contribution is -2.62. The van der Waals surface area contributed by atoms with Gasteiger partial charge in [0.2, 0.25) is 0 Å². The third kappa shape index (κ3) is 10.1. The van der Waals surface area contributed by atoms with Gasteiger partial charge in [0.15, 0.2) is 5.82 Å². The Morgan fingerprint density at radius 2 is 1.27 bits per heavy atom. The Bertz CT molecular complexity index is 2030. The van der Waals surface area contributed by atoms with Crippen molar-refractivity contribution in [3.63, 3.8) is 0 Å². The lowest BCUT2D eigenvalue weighted by atomic mass is 9.79. The normalized spacial score (nSPS) is 18.9. The number of aromatic hydroxyl groups is 2. The van der Waals surface area contributed by atoms with Crippen LogP contribution in [0.5, 0.6) is 11.5 Å². The van der Waals surface area contributed by atoms with Crippen molar-refractivity contribution >= 4 is 23.2 Å². The molecule has 2 saturated heterocycles. The number of nitrogens with one attached hydrogen (secondary N) is 3. The minimum Gasteiger partial charge on any atom is -0.507 e. The van der Waals surface area contributed by atoms with Crippen molar-refractivity contribution in [2.24, 2.45) is 0 Å². The maximum Gasteiger partial charge on any atom is 0.151 e. The van der Waals surface area contributed by atoms with Crippen LogP contribution in [0, 0.1) is 0 Å². The quantitative estimate of drug-likeness (QED) is 0.110. The molecule has 3 aromatic heterocycles. The van der Waals surface area contributed by atoms with E-state index in [9.17, 15) is 10.2 Å². The largest absolute Gasteiger partial charge is 0.507 e. The van der Waals surface area contributed by atoms with Gasteiger partial charge in [0, 0.05) is 75.9 Å². The molecule has 0 aliphatic carbocycles. The molecule has 0 unspecified atom stereocenters. The lowest BCUT2D eigenvalue weighted by molar-refractivity contribution is 0.160. The van der Waals surface area contributed by atoms with E-state index < -0.39 is 0 Å². The van der Waals surface area contributed by atoms with Crippen molar-refractivity contribution in [3.8, 4) is 39.7 Å². The van der Waals surface area contributed by atoms with Crippen molar-refractivity contribution in [1.82, 2.24) is 40.8 Å². The molecule has 5 heterocycles. The minimum absolute atomic E-state index is 0.0644. The van der Waals surface area contributed by atoms with Gasteiger partial charge in [-0.05, 0) is 142 Å². The summed E-state index contributed by atoms with van der Waals surface area (Å²) >= 11 is 5.90. The summed E-state index contributed by atoms with van der Waals surface area (Å²) in [5, 5.41) is 53.5. The van der Waals surface area contributed by atoms with Crippen LogP contribution in [0.1, 0.15) is 81.1 Å². The van der Waals surface area contributed by atoms with Crippen LogP contribution < -0.4 is 20.9 Å². The van der Waals surface area contributed by atoms with E-state index >= 15 is 0 Å². The number of aromatic nitrogens is 6. The molecule has 5 aromatic rings. The molecule has 12 nitrogen and oxygen atoms in total. The minimum atomic E-state index is 0.0644. The molecule has 292 valence electrons. The zero-order valence-corrected chi connectivity index (χ0v) is 34.1. The van der Waals surface area contributed by atoms with Gasteiger partial charge in [-0.25, -0.2) is 4.68 Å². The van der Waals surface area contributed by atoms with E-state index in [0.29, 0.717) is 39.6 Å². The van der Waals surface area contributed by atoms with E-state index in [4.69, 9.17) is 11.6 Å². The Morgan fingerprint density at radius 3 is 1.78 bits per heavy atom. The molecule has 2 aliphatic heterocycles. The van der Waals surface area contributed by atoms with Crippen molar-refractivity contribution in [2.75, 3.05) is 17.3 Å². The number of benzene rings is 2. The van der Waals surface area contributed by atoms with E-state index in [2.05, 4.69) is 109 Å². The van der Waals surface area contributed by atoms with Crippen LogP contribution in [0.3, 0.4) is 0 Å². The molecule has 2 aliphatic rings. The van der Waals surface area contributed by atoms with E-state index in [1.165, 1.54) is 6.07 Å². The van der Waals surface area contributed by atoms with E-state index in [1.54, 1.807) is 29.1 Å². The summed E-state index contributed by atoms with van der Waals surface area (Å²) in [4.78, 5) is 2.21. The van der Waals surface area contributed by atoms with Gasteiger partial charge in [0.1, 0.15) is 17.3 Å². The van der Waals surface area contributed by atoms with Crippen LogP contribution in [0.25, 0.3) is 28.2 Å². The summed E-state index contributed by atoms with van der Waals surface area (Å²) < 4.78 is 1.70. The predicted molar refractivity (Wildman–Crippen MR) is 221 cm³/mol. The zero-order chi connectivity index (χ0) is 39.8. The van der Waals surface area contributed by atoms with Gasteiger partial charge in [-0.1, -0.05) is 11.6 Å². The number of piperidine rings is 2. The van der Waals surface area contributed by atoms with Crippen molar-refractivity contribution in [1.29, 1.82) is 0 Å². The Kier molecular flexibility index (Phi) is 11.2. The third-order valence-corrected chi connectivity index (χ3v) is 10.4. The molecule has 5 N–H and O–H groups in total. The summed E-state index contributed by atoms with van der Waals surface area (Å²) in [5.41, 5.74) is 3.59. The molecular formula is C42H55ClN10O2.